The highest BCUT2D eigenvalue weighted by Crippen LogP contribution is 2.47. The lowest BCUT2D eigenvalue weighted by Gasteiger charge is -2.34. The van der Waals surface area contributed by atoms with Crippen molar-refractivity contribution < 1.29 is 9.53 Å². The summed E-state index contributed by atoms with van der Waals surface area (Å²) in [7, 11) is 2.14. The summed E-state index contributed by atoms with van der Waals surface area (Å²) in [6.45, 7) is 6.32. The monoisotopic (exact) mass is 460 g/mol. The molecule has 1 saturated heterocycles. The fourth-order valence-electron chi connectivity index (χ4n) is 5.10. The summed E-state index contributed by atoms with van der Waals surface area (Å²) >= 11 is 1.49. The number of aromatic nitrogens is 1. The Morgan fingerprint density at radius 1 is 1.24 bits per heavy atom. The van der Waals surface area contributed by atoms with E-state index in [9.17, 15) is 10.1 Å². The molecule has 7 heteroatoms. The summed E-state index contributed by atoms with van der Waals surface area (Å²) in [5.41, 5.74) is 5.05. The van der Waals surface area contributed by atoms with Crippen molar-refractivity contribution in [3.05, 3.63) is 58.3 Å². The van der Waals surface area contributed by atoms with Gasteiger partial charge in [0.2, 0.25) is 0 Å². The van der Waals surface area contributed by atoms with Crippen LogP contribution in [0.4, 0.5) is 5.69 Å². The largest absolute Gasteiger partial charge is 0.488 e. The molecule has 6 nitrogen and oxygen atoms in total. The van der Waals surface area contributed by atoms with Gasteiger partial charge in [-0.2, -0.15) is 5.26 Å². The number of nitriles is 1. The van der Waals surface area contributed by atoms with Crippen molar-refractivity contribution in [2.75, 3.05) is 31.1 Å². The van der Waals surface area contributed by atoms with Gasteiger partial charge in [-0.1, -0.05) is 31.9 Å². The number of hydrogen-bond donors (Lipinski definition) is 2. The first kappa shape index (κ1) is 21.9. The number of hydrogen-bond acceptors (Lipinski definition) is 6. The highest BCUT2D eigenvalue weighted by atomic mass is 32.2. The van der Waals surface area contributed by atoms with Crippen molar-refractivity contribution in [2.24, 2.45) is 0 Å². The second-order valence-electron chi connectivity index (χ2n) is 9.52. The molecule has 1 aliphatic carbocycles. The number of piperidine rings is 1. The fraction of sp³-hybridized carbons (Fsp3) is 0.385. The maximum Gasteiger partial charge on any atom is 0.195 e. The van der Waals surface area contributed by atoms with Gasteiger partial charge >= 0.3 is 0 Å². The van der Waals surface area contributed by atoms with Gasteiger partial charge in [-0.25, -0.2) is 0 Å². The van der Waals surface area contributed by atoms with Gasteiger partial charge in [-0.3, -0.25) is 4.79 Å². The summed E-state index contributed by atoms with van der Waals surface area (Å²) in [6.07, 6.45) is 4.11. The van der Waals surface area contributed by atoms with Crippen LogP contribution in [0.5, 0.6) is 5.75 Å². The van der Waals surface area contributed by atoms with Crippen molar-refractivity contribution in [3.8, 4) is 11.8 Å². The molecule has 2 aliphatic rings. The van der Waals surface area contributed by atoms with Crippen LogP contribution in [0.25, 0.3) is 10.9 Å². The van der Waals surface area contributed by atoms with Gasteiger partial charge in [0.25, 0.3) is 0 Å². The summed E-state index contributed by atoms with van der Waals surface area (Å²) in [5, 5.41) is 10.2. The Labute approximate surface area is 198 Å². The number of carbonyl (C=O) groups is 1. The predicted molar refractivity (Wildman–Crippen MR) is 133 cm³/mol. The summed E-state index contributed by atoms with van der Waals surface area (Å²) in [5.74, 6) is 0.801. The minimum absolute atomic E-state index is 0.00489. The summed E-state index contributed by atoms with van der Waals surface area (Å²) in [6, 6.07) is 11.7. The third-order valence-corrected chi connectivity index (χ3v) is 7.41. The Bertz CT molecular complexity index is 1300. The number of ether oxygens (including phenoxy) is 1. The smallest absolute Gasteiger partial charge is 0.195 e. The number of nitrogens with one attached hydrogen (secondary N) is 2. The van der Waals surface area contributed by atoms with Gasteiger partial charge in [0.1, 0.15) is 11.9 Å². The minimum atomic E-state index is -0.423. The Morgan fingerprint density at radius 3 is 2.70 bits per heavy atom. The topological polar surface area (TPSA) is 81.2 Å². The van der Waals surface area contributed by atoms with Crippen molar-refractivity contribution in [2.45, 2.75) is 38.2 Å². The number of benzene rings is 2. The standard InChI is InChI=1S/C26H28N4O2S/c1-26(2)19-13-22(32-16-7-9-30(3)10-8-16)21(29-33-4)12-18(19)24(31)23-17-6-5-15(14-27)11-20(17)28-25(23)26/h5-6,11-13,16,28-29H,7-10H2,1-4H3. The first-order valence-corrected chi connectivity index (χ1v) is 12.5. The van der Waals surface area contributed by atoms with Gasteiger partial charge in [0.15, 0.2) is 5.78 Å². The number of rotatable bonds is 4. The molecule has 3 aromatic rings. The highest BCUT2D eigenvalue weighted by molar-refractivity contribution is 7.99. The first-order valence-electron chi connectivity index (χ1n) is 11.3. The van der Waals surface area contributed by atoms with Crippen LogP contribution >= 0.6 is 11.9 Å². The summed E-state index contributed by atoms with van der Waals surface area (Å²) in [4.78, 5) is 19.5. The number of carbonyl (C=O) groups excluding carboxylic acids is 1. The average Bonchev–Trinajstić information content (AvgIpc) is 3.20. The number of fused-ring (bicyclic) bond motifs is 4. The molecule has 1 fully saturated rings. The second kappa shape index (κ2) is 8.12. The molecule has 0 amide bonds. The highest BCUT2D eigenvalue weighted by Gasteiger charge is 2.40. The number of nitrogens with zero attached hydrogens (tertiary/aromatic N) is 2. The molecule has 0 saturated carbocycles. The maximum absolute atomic E-state index is 13.8. The molecule has 2 N–H and O–H groups in total. The lowest BCUT2D eigenvalue weighted by Crippen LogP contribution is -2.36. The zero-order valence-corrected chi connectivity index (χ0v) is 20.2. The molecule has 0 bridgehead atoms. The molecule has 0 spiro atoms. The summed E-state index contributed by atoms with van der Waals surface area (Å²) < 4.78 is 9.83. The third-order valence-electron chi connectivity index (χ3n) is 6.99. The van der Waals surface area contributed by atoms with Gasteiger partial charge < -0.3 is 19.3 Å². The zero-order chi connectivity index (χ0) is 23.3. The van der Waals surface area contributed by atoms with Crippen LogP contribution in [0.2, 0.25) is 0 Å². The normalized spacial score (nSPS) is 18.0. The fourth-order valence-corrected chi connectivity index (χ4v) is 5.47. The number of ketones is 1. The van der Waals surface area contributed by atoms with E-state index in [1.165, 1.54) is 11.9 Å². The van der Waals surface area contributed by atoms with Gasteiger partial charge in [-0.15, -0.1) is 0 Å². The second-order valence-corrected chi connectivity index (χ2v) is 10.1. The lowest BCUT2D eigenvalue weighted by molar-refractivity contribution is 0.103. The third kappa shape index (κ3) is 3.58. The van der Waals surface area contributed by atoms with E-state index in [2.05, 4.69) is 47.6 Å². The molecule has 2 aromatic carbocycles. The van der Waals surface area contributed by atoms with Crippen LogP contribution in [-0.2, 0) is 5.41 Å². The van der Waals surface area contributed by atoms with Gasteiger partial charge in [0, 0.05) is 46.9 Å². The predicted octanol–water partition coefficient (Wildman–Crippen LogP) is 5.07. The van der Waals surface area contributed by atoms with Crippen LogP contribution in [0.3, 0.4) is 0 Å². The number of anilines is 1. The zero-order valence-electron chi connectivity index (χ0n) is 19.4. The first-order chi connectivity index (χ1) is 15.8. The molecule has 0 unspecified atom stereocenters. The van der Waals surface area contributed by atoms with Crippen molar-refractivity contribution >= 4 is 34.3 Å². The Hall–Kier alpha value is -2.95. The van der Waals surface area contributed by atoms with Crippen molar-refractivity contribution in [1.29, 1.82) is 5.26 Å². The molecule has 0 atom stereocenters. The van der Waals surface area contributed by atoms with Crippen LogP contribution < -0.4 is 9.46 Å². The molecule has 170 valence electrons. The lowest BCUT2D eigenvalue weighted by atomic mass is 9.71. The molecular weight excluding hydrogens is 432 g/mol. The number of H-pyrrole nitrogens is 1. The average molecular weight is 461 g/mol. The van der Waals surface area contributed by atoms with E-state index in [4.69, 9.17) is 4.74 Å². The Kier molecular flexibility index (Phi) is 5.38. The molecule has 0 radical (unpaired) electrons. The van der Waals surface area contributed by atoms with Crippen LogP contribution in [0.15, 0.2) is 30.3 Å². The van der Waals surface area contributed by atoms with Crippen LogP contribution in [0, 0.1) is 11.3 Å². The van der Waals surface area contributed by atoms with E-state index in [1.54, 1.807) is 6.07 Å². The molecule has 1 aliphatic heterocycles. The van der Waals surface area contributed by atoms with E-state index in [1.807, 2.05) is 24.5 Å². The van der Waals surface area contributed by atoms with E-state index in [0.29, 0.717) is 16.7 Å². The van der Waals surface area contributed by atoms with E-state index in [-0.39, 0.29) is 11.9 Å². The number of aromatic amines is 1. The van der Waals surface area contributed by atoms with E-state index < -0.39 is 5.41 Å². The molecule has 2 heterocycles. The van der Waals surface area contributed by atoms with Gasteiger partial charge in [-0.05, 0) is 49.7 Å². The maximum atomic E-state index is 13.8. The molecular formula is C26H28N4O2S. The molecule has 1 aromatic heterocycles. The quantitative estimate of drug-likeness (QED) is 0.529. The Morgan fingerprint density at radius 2 is 2.00 bits per heavy atom. The molecule has 5 rings (SSSR count). The minimum Gasteiger partial charge on any atom is -0.488 e. The van der Waals surface area contributed by atoms with Crippen molar-refractivity contribution in [1.82, 2.24) is 9.88 Å². The van der Waals surface area contributed by atoms with Gasteiger partial charge in [0.05, 0.1) is 22.9 Å². The SMILES string of the molecule is CSNc1cc2c(cc1OC1CCN(C)CC1)C(C)(C)c1[nH]c3cc(C#N)ccc3c1C2=O. The molecule has 33 heavy (non-hydrogen) atoms. The van der Waals surface area contributed by atoms with E-state index in [0.717, 1.165) is 59.5 Å². The van der Waals surface area contributed by atoms with E-state index >= 15 is 0 Å². The van der Waals surface area contributed by atoms with Crippen LogP contribution in [-0.4, -0.2) is 48.2 Å². The van der Waals surface area contributed by atoms with Crippen molar-refractivity contribution in [3.63, 3.8) is 0 Å². The van der Waals surface area contributed by atoms with Crippen LogP contribution in [0.1, 0.15) is 59.4 Å². The number of likely N-dealkylation sites (tertiary alicyclic amines) is 1. The Balaban J connectivity index is 1.63.